The topological polar surface area (TPSA) is 17.1 Å². The third-order valence-corrected chi connectivity index (χ3v) is 4.11. The molecule has 0 atom stereocenters. The second kappa shape index (κ2) is 4.26. The SMILES string of the molecule is CC(=O)Cc1ccc(C2CCCC2)s1. The van der Waals surface area contributed by atoms with Crippen LogP contribution in [0.4, 0.5) is 0 Å². The van der Waals surface area contributed by atoms with Crippen molar-refractivity contribution in [3.05, 3.63) is 21.9 Å². The molecule has 1 heterocycles. The zero-order valence-corrected chi connectivity index (χ0v) is 9.40. The lowest BCUT2D eigenvalue weighted by Crippen LogP contribution is -1.92. The normalized spacial score (nSPS) is 17.5. The van der Waals surface area contributed by atoms with Gasteiger partial charge in [-0.1, -0.05) is 12.8 Å². The average molecular weight is 208 g/mol. The van der Waals surface area contributed by atoms with Crippen LogP contribution < -0.4 is 0 Å². The quantitative estimate of drug-likeness (QED) is 0.742. The van der Waals surface area contributed by atoms with Crippen LogP contribution in [0.1, 0.15) is 48.3 Å². The fourth-order valence-corrected chi connectivity index (χ4v) is 3.42. The van der Waals surface area contributed by atoms with Gasteiger partial charge in [-0.05, 0) is 37.8 Å². The molecule has 0 bridgehead atoms. The van der Waals surface area contributed by atoms with Crippen molar-refractivity contribution in [3.63, 3.8) is 0 Å². The molecule has 2 rings (SSSR count). The van der Waals surface area contributed by atoms with Crippen LogP contribution >= 0.6 is 11.3 Å². The summed E-state index contributed by atoms with van der Waals surface area (Å²) in [6.07, 6.45) is 6.08. The predicted octanol–water partition coefficient (Wildman–Crippen LogP) is 3.54. The van der Waals surface area contributed by atoms with Crippen molar-refractivity contribution < 1.29 is 4.79 Å². The third kappa shape index (κ3) is 2.24. The van der Waals surface area contributed by atoms with Crippen molar-refractivity contribution in [2.24, 2.45) is 0 Å². The Hall–Kier alpha value is -0.630. The molecular formula is C12H16OS. The first kappa shape index (κ1) is 9.91. The molecule has 1 aromatic heterocycles. The highest BCUT2D eigenvalue weighted by molar-refractivity contribution is 7.12. The van der Waals surface area contributed by atoms with Crippen LogP contribution in [-0.2, 0) is 11.2 Å². The molecule has 1 aromatic rings. The maximum atomic E-state index is 11.0. The number of carbonyl (C=O) groups is 1. The fourth-order valence-electron chi connectivity index (χ4n) is 2.16. The van der Waals surface area contributed by atoms with Gasteiger partial charge in [-0.15, -0.1) is 11.3 Å². The summed E-state index contributed by atoms with van der Waals surface area (Å²) in [6.45, 7) is 1.66. The van der Waals surface area contributed by atoms with Gasteiger partial charge >= 0.3 is 0 Å². The van der Waals surface area contributed by atoms with Crippen molar-refractivity contribution >= 4 is 17.1 Å². The molecule has 76 valence electrons. The van der Waals surface area contributed by atoms with Crippen molar-refractivity contribution in [1.82, 2.24) is 0 Å². The molecule has 1 saturated carbocycles. The molecule has 1 aliphatic carbocycles. The van der Waals surface area contributed by atoms with Crippen LogP contribution in [0.2, 0.25) is 0 Å². The van der Waals surface area contributed by atoms with Crippen molar-refractivity contribution in [3.8, 4) is 0 Å². The molecule has 14 heavy (non-hydrogen) atoms. The van der Waals surface area contributed by atoms with Gasteiger partial charge in [-0.2, -0.15) is 0 Å². The first-order valence-corrected chi connectivity index (χ1v) is 6.15. The second-order valence-electron chi connectivity index (χ2n) is 4.16. The van der Waals surface area contributed by atoms with Crippen LogP contribution in [0.3, 0.4) is 0 Å². The van der Waals surface area contributed by atoms with Gasteiger partial charge < -0.3 is 0 Å². The smallest absolute Gasteiger partial charge is 0.135 e. The van der Waals surface area contributed by atoms with E-state index in [2.05, 4.69) is 12.1 Å². The summed E-state index contributed by atoms with van der Waals surface area (Å²) in [5.74, 6) is 1.06. The summed E-state index contributed by atoms with van der Waals surface area (Å²) in [5.41, 5.74) is 0. The van der Waals surface area contributed by atoms with Crippen molar-refractivity contribution in [1.29, 1.82) is 0 Å². The van der Waals surface area contributed by atoms with E-state index in [1.54, 1.807) is 6.92 Å². The van der Waals surface area contributed by atoms with Gasteiger partial charge in [-0.25, -0.2) is 0 Å². The largest absolute Gasteiger partial charge is 0.300 e. The minimum Gasteiger partial charge on any atom is -0.300 e. The van der Waals surface area contributed by atoms with Crippen LogP contribution in [-0.4, -0.2) is 5.78 Å². The Balaban J connectivity index is 2.05. The van der Waals surface area contributed by atoms with Crippen molar-refractivity contribution in [2.45, 2.75) is 44.9 Å². The fraction of sp³-hybridized carbons (Fsp3) is 0.583. The molecule has 2 heteroatoms. The molecule has 1 aliphatic rings. The molecule has 1 nitrogen and oxygen atoms in total. The molecular weight excluding hydrogens is 192 g/mol. The maximum absolute atomic E-state index is 11.0. The van der Waals surface area contributed by atoms with Crippen LogP contribution in [0.25, 0.3) is 0 Å². The van der Waals surface area contributed by atoms with E-state index in [4.69, 9.17) is 0 Å². The van der Waals surface area contributed by atoms with Gasteiger partial charge in [0.15, 0.2) is 0 Å². The zero-order chi connectivity index (χ0) is 9.97. The molecule has 0 aliphatic heterocycles. The number of thiophene rings is 1. The number of ketones is 1. The average Bonchev–Trinajstić information content (AvgIpc) is 2.69. The van der Waals surface area contributed by atoms with Crippen molar-refractivity contribution in [2.75, 3.05) is 0 Å². The van der Waals surface area contributed by atoms with E-state index < -0.39 is 0 Å². The molecule has 0 saturated heterocycles. The van der Waals surface area contributed by atoms with E-state index in [9.17, 15) is 4.79 Å². The summed E-state index contributed by atoms with van der Waals surface area (Å²) in [5, 5.41) is 0. The lowest BCUT2D eigenvalue weighted by atomic mass is 10.1. The summed E-state index contributed by atoms with van der Waals surface area (Å²) in [4.78, 5) is 13.7. The molecule has 0 unspecified atom stereocenters. The van der Waals surface area contributed by atoms with Crippen LogP contribution in [0.15, 0.2) is 12.1 Å². The Morgan fingerprint density at radius 1 is 1.43 bits per heavy atom. The van der Waals surface area contributed by atoms with Gasteiger partial charge in [0.1, 0.15) is 5.78 Å². The summed E-state index contributed by atoms with van der Waals surface area (Å²) < 4.78 is 0. The Morgan fingerprint density at radius 2 is 2.14 bits per heavy atom. The second-order valence-corrected chi connectivity index (χ2v) is 5.36. The van der Waals surface area contributed by atoms with Gasteiger partial charge in [0.2, 0.25) is 0 Å². The Morgan fingerprint density at radius 3 is 2.79 bits per heavy atom. The van der Waals surface area contributed by atoms with E-state index in [1.807, 2.05) is 11.3 Å². The number of carbonyl (C=O) groups excluding carboxylic acids is 1. The molecule has 0 aromatic carbocycles. The highest BCUT2D eigenvalue weighted by Crippen LogP contribution is 2.37. The Kier molecular flexibility index (Phi) is 3.02. The zero-order valence-electron chi connectivity index (χ0n) is 8.58. The standard InChI is InChI=1S/C12H16OS/c1-9(13)8-11-6-7-12(14-11)10-4-2-3-5-10/h6-7,10H,2-5,8H2,1H3. The van der Waals surface area contributed by atoms with Crippen LogP contribution in [0.5, 0.6) is 0 Å². The van der Waals surface area contributed by atoms with E-state index in [-0.39, 0.29) is 5.78 Å². The van der Waals surface area contributed by atoms with Crippen LogP contribution in [0, 0.1) is 0 Å². The van der Waals surface area contributed by atoms with E-state index in [0.29, 0.717) is 6.42 Å². The first-order valence-electron chi connectivity index (χ1n) is 5.34. The van der Waals surface area contributed by atoms with E-state index in [1.165, 1.54) is 35.4 Å². The number of rotatable bonds is 3. The van der Waals surface area contributed by atoms with E-state index >= 15 is 0 Å². The third-order valence-electron chi connectivity index (χ3n) is 2.86. The molecule has 0 amide bonds. The van der Waals surface area contributed by atoms with Gasteiger partial charge in [0.25, 0.3) is 0 Å². The molecule has 0 N–H and O–H groups in total. The lowest BCUT2D eigenvalue weighted by molar-refractivity contribution is -0.116. The van der Waals surface area contributed by atoms with Gasteiger partial charge in [-0.3, -0.25) is 4.79 Å². The number of hydrogen-bond acceptors (Lipinski definition) is 2. The van der Waals surface area contributed by atoms with Gasteiger partial charge in [0.05, 0.1) is 0 Å². The van der Waals surface area contributed by atoms with E-state index in [0.717, 1.165) is 5.92 Å². The predicted molar refractivity (Wildman–Crippen MR) is 59.9 cm³/mol. The summed E-state index contributed by atoms with van der Waals surface area (Å²) in [6, 6.07) is 4.35. The Bertz CT molecular complexity index is 321. The number of Topliss-reactive ketones (excluding diaryl/α,β-unsaturated/α-hetero) is 1. The minimum absolute atomic E-state index is 0.268. The first-order chi connectivity index (χ1) is 6.75. The summed E-state index contributed by atoms with van der Waals surface area (Å²) in [7, 11) is 0. The minimum atomic E-state index is 0.268. The maximum Gasteiger partial charge on any atom is 0.135 e. The molecule has 1 fully saturated rings. The lowest BCUT2D eigenvalue weighted by Gasteiger charge is -2.03. The van der Waals surface area contributed by atoms with Gasteiger partial charge in [0, 0.05) is 16.2 Å². The molecule has 0 radical (unpaired) electrons. The highest BCUT2D eigenvalue weighted by atomic mass is 32.1. The molecule has 0 spiro atoms. The Labute approximate surface area is 89.1 Å². The summed E-state index contributed by atoms with van der Waals surface area (Å²) >= 11 is 1.84. The highest BCUT2D eigenvalue weighted by Gasteiger charge is 2.18. The monoisotopic (exact) mass is 208 g/mol. The number of hydrogen-bond donors (Lipinski definition) is 0.